The van der Waals surface area contributed by atoms with E-state index >= 15 is 0 Å². The fourth-order valence-electron chi connectivity index (χ4n) is 1.67. The maximum atomic E-state index is 11.0. The molecule has 0 amide bonds. The number of nitrogens with zero attached hydrogens (tertiary/aromatic N) is 3. The van der Waals surface area contributed by atoms with Crippen LogP contribution in [0.4, 0.5) is 11.5 Å². The average Bonchev–Trinajstić information content (AvgIpc) is 2.38. The molecule has 0 atom stereocenters. The van der Waals surface area contributed by atoms with Gasteiger partial charge in [0.25, 0.3) is 5.69 Å². The minimum Gasteiger partial charge on any atom is -0.370 e. The summed E-state index contributed by atoms with van der Waals surface area (Å²) in [6.07, 6.45) is 0. The van der Waals surface area contributed by atoms with Crippen molar-refractivity contribution in [1.82, 2.24) is 9.97 Å². The van der Waals surface area contributed by atoms with E-state index < -0.39 is 0 Å². The first-order valence-electron chi connectivity index (χ1n) is 6.11. The lowest BCUT2D eigenvalue weighted by Crippen LogP contribution is -2.02. The Morgan fingerprint density at radius 2 is 2.10 bits per heavy atom. The number of anilines is 1. The Bertz CT molecular complexity index is 634. The maximum absolute atomic E-state index is 11.0. The highest BCUT2D eigenvalue weighted by Crippen LogP contribution is 2.34. The second-order valence-corrected chi connectivity index (χ2v) is 5.06. The summed E-state index contributed by atoms with van der Waals surface area (Å²) in [7, 11) is 0. The van der Waals surface area contributed by atoms with Crippen molar-refractivity contribution < 1.29 is 4.92 Å². The topological polar surface area (TPSA) is 81.0 Å². The van der Waals surface area contributed by atoms with Crippen LogP contribution in [0.15, 0.2) is 40.3 Å². The van der Waals surface area contributed by atoms with E-state index in [0.717, 1.165) is 12.4 Å². The molecule has 0 fully saturated rings. The Balaban J connectivity index is 2.32. The first-order chi connectivity index (χ1) is 9.60. The molecule has 1 aromatic heterocycles. The summed E-state index contributed by atoms with van der Waals surface area (Å²) in [5.41, 5.74) is 0.0822. The number of hydrogen-bond donors (Lipinski definition) is 1. The third-order valence-electron chi connectivity index (χ3n) is 2.45. The summed E-state index contributed by atoms with van der Waals surface area (Å²) >= 11 is 1.26. The molecule has 1 aromatic carbocycles. The van der Waals surface area contributed by atoms with Gasteiger partial charge in [-0.15, -0.1) is 0 Å². The number of nitro benzene ring substituents is 1. The SMILES string of the molecule is CCNc1cc(Sc2ccccc2[N+](=O)[O-])nc(C)n1. The number of para-hydroxylation sites is 1. The molecule has 104 valence electrons. The highest BCUT2D eigenvalue weighted by molar-refractivity contribution is 7.99. The number of rotatable bonds is 5. The number of hydrogen-bond acceptors (Lipinski definition) is 6. The predicted octanol–water partition coefficient (Wildman–Crippen LogP) is 3.28. The molecule has 0 radical (unpaired) electrons. The van der Waals surface area contributed by atoms with Gasteiger partial charge >= 0.3 is 0 Å². The zero-order chi connectivity index (χ0) is 14.5. The molecule has 20 heavy (non-hydrogen) atoms. The van der Waals surface area contributed by atoms with Crippen LogP contribution in [0.5, 0.6) is 0 Å². The molecule has 2 rings (SSSR count). The normalized spacial score (nSPS) is 10.3. The molecule has 0 saturated heterocycles. The maximum Gasteiger partial charge on any atom is 0.283 e. The fraction of sp³-hybridized carbons (Fsp3) is 0.231. The zero-order valence-electron chi connectivity index (χ0n) is 11.2. The van der Waals surface area contributed by atoms with Gasteiger partial charge in [-0.05, 0) is 19.9 Å². The van der Waals surface area contributed by atoms with Crippen LogP contribution in [-0.4, -0.2) is 21.4 Å². The molecule has 7 heteroatoms. The number of aryl methyl sites for hydroxylation is 1. The molecular weight excluding hydrogens is 276 g/mol. The Hall–Kier alpha value is -2.15. The standard InChI is InChI=1S/C13H14N4O2S/c1-3-14-12-8-13(16-9(2)15-12)20-11-7-5-4-6-10(11)17(18)19/h4-8H,3H2,1-2H3,(H,14,15,16). The molecule has 0 aliphatic rings. The van der Waals surface area contributed by atoms with Gasteiger partial charge in [-0.25, -0.2) is 9.97 Å². The van der Waals surface area contributed by atoms with E-state index in [0.29, 0.717) is 15.7 Å². The van der Waals surface area contributed by atoms with E-state index in [2.05, 4.69) is 15.3 Å². The third kappa shape index (κ3) is 3.45. The van der Waals surface area contributed by atoms with Gasteiger partial charge in [0.15, 0.2) is 0 Å². The van der Waals surface area contributed by atoms with Crippen molar-refractivity contribution in [2.45, 2.75) is 23.8 Å². The molecule has 1 heterocycles. The van der Waals surface area contributed by atoms with Gasteiger partial charge in [0, 0.05) is 18.7 Å². The van der Waals surface area contributed by atoms with Crippen molar-refractivity contribution in [3.8, 4) is 0 Å². The number of benzene rings is 1. The largest absolute Gasteiger partial charge is 0.370 e. The minimum atomic E-state index is -0.387. The van der Waals surface area contributed by atoms with Crippen molar-refractivity contribution >= 4 is 23.3 Å². The molecule has 2 aromatic rings. The van der Waals surface area contributed by atoms with Gasteiger partial charge in [0.05, 0.1) is 9.82 Å². The van der Waals surface area contributed by atoms with Gasteiger partial charge < -0.3 is 5.32 Å². The molecule has 1 N–H and O–H groups in total. The summed E-state index contributed by atoms with van der Waals surface area (Å²) in [5.74, 6) is 1.35. The Kier molecular flexibility index (Phi) is 4.52. The summed E-state index contributed by atoms with van der Waals surface area (Å²) in [4.78, 5) is 19.7. The number of aromatic nitrogens is 2. The summed E-state index contributed by atoms with van der Waals surface area (Å²) < 4.78 is 0. The summed E-state index contributed by atoms with van der Waals surface area (Å²) in [5, 5.41) is 14.8. The highest BCUT2D eigenvalue weighted by Gasteiger charge is 2.14. The van der Waals surface area contributed by atoms with Crippen LogP contribution < -0.4 is 5.32 Å². The van der Waals surface area contributed by atoms with Gasteiger partial charge in [0.2, 0.25) is 0 Å². The lowest BCUT2D eigenvalue weighted by atomic mass is 10.3. The van der Waals surface area contributed by atoms with Crippen LogP contribution in [0.1, 0.15) is 12.7 Å². The minimum absolute atomic E-state index is 0.0822. The molecular formula is C13H14N4O2S. The molecule has 0 aliphatic carbocycles. The number of nitro groups is 1. The lowest BCUT2D eigenvalue weighted by molar-refractivity contribution is -0.387. The third-order valence-corrected chi connectivity index (χ3v) is 3.43. The van der Waals surface area contributed by atoms with Crippen LogP contribution in [0, 0.1) is 17.0 Å². The van der Waals surface area contributed by atoms with Crippen LogP contribution in [0.3, 0.4) is 0 Å². The number of nitrogens with one attached hydrogen (secondary N) is 1. The van der Waals surface area contributed by atoms with Gasteiger partial charge in [-0.3, -0.25) is 10.1 Å². The van der Waals surface area contributed by atoms with Crippen LogP contribution in [0.2, 0.25) is 0 Å². The molecule has 6 nitrogen and oxygen atoms in total. The monoisotopic (exact) mass is 290 g/mol. The Labute approximate surface area is 120 Å². The van der Waals surface area contributed by atoms with Gasteiger partial charge in [-0.1, -0.05) is 23.9 Å². The van der Waals surface area contributed by atoms with Gasteiger partial charge in [0.1, 0.15) is 16.7 Å². The second-order valence-electron chi connectivity index (χ2n) is 4.00. The Morgan fingerprint density at radius 3 is 2.80 bits per heavy atom. The molecule has 0 spiro atoms. The van der Waals surface area contributed by atoms with E-state index in [1.165, 1.54) is 17.8 Å². The predicted molar refractivity (Wildman–Crippen MR) is 78.2 cm³/mol. The summed E-state index contributed by atoms with van der Waals surface area (Å²) in [6.45, 7) is 4.53. The van der Waals surface area contributed by atoms with Crippen LogP contribution in [-0.2, 0) is 0 Å². The van der Waals surface area contributed by atoms with Crippen molar-refractivity contribution in [3.05, 3.63) is 46.3 Å². The first-order valence-corrected chi connectivity index (χ1v) is 6.92. The van der Waals surface area contributed by atoms with E-state index in [1.807, 2.05) is 6.92 Å². The average molecular weight is 290 g/mol. The lowest BCUT2D eigenvalue weighted by Gasteiger charge is -2.07. The molecule has 0 unspecified atom stereocenters. The van der Waals surface area contributed by atoms with Gasteiger partial charge in [-0.2, -0.15) is 0 Å². The summed E-state index contributed by atoms with van der Waals surface area (Å²) in [6, 6.07) is 8.42. The molecule has 0 saturated carbocycles. The zero-order valence-corrected chi connectivity index (χ0v) is 12.0. The highest BCUT2D eigenvalue weighted by atomic mass is 32.2. The Morgan fingerprint density at radius 1 is 1.35 bits per heavy atom. The van der Waals surface area contributed by atoms with E-state index in [4.69, 9.17) is 0 Å². The van der Waals surface area contributed by atoms with E-state index in [9.17, 15) is 10.1 Å². The van der Waals surface area contributed by atoms with E-state index in [-0.39, 0.29) is 10.6 Å². The quantitative estimate of drug-likeness (QED) is 0.517. The van der Waals surface area contributed by atoms with E-state index in [1.54, 1.807) is 31.2 Å². The first kappa shape index (κ1) is 14.3. The second kappa shape index (κ2) is 6.33. The van der Waals surface area contributed by atoms with Crippen LogP contribution in [0.25, 0.3) is 0 Å². The van der Waals surface area contributed by atoms with Crippen molar-refractivity contribution in [2.75, 3.05) is 11.9 Å². The fourth-order valence-corrected chi connectivity index (χ4v) is 2.64. The smallest absolute Gasteiger partial charge is 0.283 e. The van der Waals surface area contributed by atoms with Crippen molar-refractivity contribution in [1.29, 1.82) is 0 Å². The van der Waals surface area contributed by atoms with Crippen molar-refractivity contribution in [3.63, 3.8) is 0 Å². The molecule has 0 bridgehead atoms. The van der Waals surface area contributed by atoms with Crippen LogP contribution >= 0.6 is 11.8 Å². The molecule has 0 aliphatic heterocycles. The van der Waals surface area contributed by atoms with Crippen molar-refractivity contribution in [2.24, 2.45) is 0 Å².